The first-order valence-electron chi connectivity index (χ1n) is 14.1. The Morgan fingerprint density at radius 2 is 0.862 bits per heavy atom. The SMILES string of the molecule is CCC[C]12[CH]3[CH]4[C]5(CCC)[CH]1[Fe]34251678[CH]2[C]1(CCC)[C]6(CCC)[C]7(CCC)[C]28CCC. The number of hydrogen-bond donors (Lipinski definition) is 0. The predicted molar refractivity (Wildman–Crippen MR) is 121 cm³/mol. The quantitative estimate of drug-likeness (QED) is 0.266. The minimum absolute atomic E-state index is 1.03. The predicted octanol–water partition coefficient (Wildman–Crippen LogP) is 10.4. The summed E-state index contributed by atoms with van der Waals surface area (Å²) in [6, 6.07) is 0. The van der Waals surface area contributed by atoms with E-state index in [4.69, 9.17) is 0 Å². The maximum atomic E-state index is 2.59. The van der Waals surface area contributed by atoms with E-state index in [1.807, 2.05) is 0 Å². The van der Waals surface area contributed by atoms with Crippen LogP contribution < -0.4 is 0 Å². The van der Waals surface area contributed by atoms with Crippen molar-refractivity contribution in [3.8, 4) is 0 Å². The zero-order valence-electron chi connectivity index (χ0n) is 20.1. The number of fused-ring (bicyclic) bond motifs is 10. The Morgan fingerprint density at radius 3 is 1.21 bits per heavy atom. The third-order valence-electron chi connectivity index (χ3n) is 20.9. The molecule has 0 aromatic rings. The van der Waals surface area contributed by atoms with Crippen molar-refractivity contribution in [2.75, 3.05) is 0 Å². The van der Waals surface area contributed by atoms with Crippen molar-refractivity contribution in [2.45, 2.75) is 164 Å². The molecule has 0 bridgehead atoms. The summed E-state index contributed by atoms with van der Waals surface area (Å²) in [7, 11) is 0. The summed E-state index contributed by atoms with van der Waals surface area (Å²) in [5.74, 6) is 0. The molecule has 8 unspecified atom stereocenters. The fourth-order valence-electron chi connectivity index (χ4n) is 27.3. The molecule has 8 atom stereocenters. The summed E-state index contributed by atoms with van der Waals surface area (Å²) in [5, 5.41) is 0. The van der Waals surface area contributed by atoms with Gasteiger partial charge in [-0.05, 0) is 0 Å². The summed E-state index contributed by atoms with van der Waals surface area (Å²) < 4.78 is 6.26. The second-order valence-corrected chi connectivity index (χ2v) is 38.1. The van der Waals surface area contributed by atoms with Crippen molar-refractivity contribution in [3.05, 3.63) is 0 Å². The fraction of sp³-hybridized carbons (Fsp3) is 1.00. The molecule has 0 saturated carbocycles. The molecule has 10 rings (SSSR count). The first-order valence-corrected chi connectivity index (χ1v) is 19.9. The van der Waals surface area contributed by atoms with Crippen LogP contribution in [0.25, 0.3) is 0 Å². The van der Waals surface area contributed by atoms with Crippen LogP contribution in [-0.2, 0) is 6.51 Å². The minimum atomic E-state index is -3.82. The van der Waals surface area contributed by atoms with Gasteiger partial charge in [-0.15, -0.1) is 0 Å². The van der Waals surface area contributed by atoms with Crippen LogP contribution in [0.4, 0.5) is 0 Å². The van der Waals surface area contributed by atoms with Crippen LogP contribution in [-0.4, -0.2) is 0 Å². The average Bonchev–Trinajstić information content (AvgIpc) is 3.65. The fourth-order valence-corrected chi connectivity index (χ4v) is 118. The monoisotopic (exact) mass is 438 g/mol. The number of hydrogen-bond acceptors (Lipinski definition) is 0. The Bertz CT molecular complexity index is 1280. The zero-order chi connectivity index (χ0) is 20.1. The van der Waals surface area contributed by atoms with Gasteiger partial charge in [-0.1, -0.05) is 0 Å². The second-order valence-electron chi connectivity index (χ2n) is 15.5. The van der Waals surface area contributed by atoms with E-state index in [9.17, 15) is 0 Å². The molecule has 0 radical (unpaired) electrons. The molecular formula is C28H46Fe. The third kappa shape index (κ3) is 0.215. The van der Waals surface area contributed by atoms with Crippen LogP contribution in [0, 0.1) is 0 Å². The van der Waals surface area contributed by atoms with E-state index < -0.39 is 6.51 Å². The molecule has 0 aromatic carbocycles. The maximum absolute atomic E-state index is 3.82. The van der Waals surface area contributed by atoms with Gasteiger partial charge in [0.05, 0.1) is 0 Å². The molecule has 0 amide bonds. The molecule has 10 fully saturated rings. The standard InChI is InChI=1S/C17H29.C11H17.Fe/c1-5-9-14-13-15(10-6-2)17(12-8-4)16(14)11-7-3;1-3-5-10-7-8-11(9-10)6-4-2;/h13H,5-12H2,1-4H3;7-9H,3-6H2,1-2H3;. The second kappa shape index (κ2) is 1.94. The van der Waals surface area contributed by atoms with Crippen LogP contribution in [0.15, 0.2) is 0 Å². The molecular weight excluding hydrogens is 392 g/mol. The van der Waals surface area contributed by atoms with Crippen LogP contribution in [0.2, 0.25) is 45.1 Å². The van der Waals surface area contributed by atoms with E-state index >= 15 is 0 Å². The summed E-state index contributed by atoms with van der Waals surface area (Å²) in [4.78, 5) is 5.68. The first kappa shape index (κ1) is 16.2. The van der Waals surface area contributed by atoms with Gasteiger partial charge in [0.2, 0.25) is 0 Å². The number of rotatable bonds is 12. The summed E-state index contributed by atoms with van der Waals surface area (Å²) in [5.41, 5.74) is 0. The Kier molecular flexibility index (Phi) is 1.08. The zero-order valence-corrected chi connectivity index (χ0v) is 21.3. The van der Waals surface area contributed by atoms with E-state index in [1.54, 1.807) is 38.5 Å². The van der Waals surface area contributed by atoms with Gasteiger partial charge in [-0.2, -0.15) is 0 Å². The molecule has 10 aliphatic heterocycles. The van der Waals surface area contributed by atoms with Crippen molar-refractivity contribution in [1.82, 2.24) is 0 Å². The molecule has 29 heavy (non-hydrogen) atoms. The van der Waals surface area contributed by atoms with Crippen molar-refractivity contribution < 1.29 is 6.51 Å². The van der Waals surface area contributed by atoms with Gasteiger partial charge in [0, 0.05) is 0 Å². The summed E-state index contributed by atoms with van der Waals surface area (Å²) >= 11 is 0. The van der Waals surface area contributed by atoms with Gasteiger partial charge in [0.15, 0.2) is 0 Å². The summed E-state index contributed by atoms with van der Waals surface area (Å²) in [6.45, 7) is 11.7. The Morgan fingerprint density at radius 1 is 0.483 bits per heavy atom. The Hall–Kier alpha value is 0.519. The molecule has 0 aliphatic carbocycles. The van der Waals surface area contributed by atoms with Crippen molar-refractivity contribution >= 4 is 0 Å². The van der Waals surface area contributed by atoms with E-state index in [1.165, 1.54) is 57.8 Å². The van der Waals surface area contributed by atoms with E-state index in [2.05, 4.69) is 41.5 Å². The molecule has 1 heteroatoms. The van der Waals surface area contributed by atoms with Gasteiger partial charge in [0.25, 0.3) is 0 Å². The molecule has 10 saturated heterocycles. The van der Waals surface area contributed by atoms with Crippen molar-refractivity contribution in [3.63, 3.8) is 0 Å². The third-order valence-corrected chi connectivity index (χ3v) is 69.2. The Labute approximate surface area is 170 Å². The topological polar surface area (TPSA) is 0 Å². The molecule has 10 heterocycles. The molecule has 0 N–H and O–H groups in total. The van der Waals surface area contributed by atoms with Crippen LogP contribution in [0.3, 0.4) is 0 Å². The van der Waals surface area contributed by atoms with E-state index in [-0.39, 0.29) is 0 Å². The van der Waals surface area contributed by atoms with Gasteiger partial charge in [0.1, 0.15) is 0 Å². The molecule has 0 aromatic heterocycles. The van der Waals surface area contributed by atoms with Gasteiger partial charge in [-0.3, -0.25) is 0 Å². The van der Waals surface area contributed by atoms with Crippen molar-refractivity contribution in [1.29, 1.82) is 0 Å². The summed E-state index contributed by atoms with van der Waals surface area (Å²) in [6.07, 6.45) is 19.5. The van der Waals surface area contributed by atoms with Crippen LogP contribution >= 0.6 is 0 Å². The van der Waals surface area contributed by atoms with Gasteiger partial charge >= 0.3 is 170 Å². The van der Waals surface area contributed by atoms with Gasteiger partial charge in [-0.25, -0.2) is 0 Å². The molecule has 10 aliphatic rings. The van der Waals surface area contributed by atoms with E-state index in [0.717, 1.165) is 25.9 Å². The molecule has 166 valence electrons. The van der Waals surface area contributed by atoms with Crippen LogP contribution in [0.5, 0.6) is 0 Å². The first-order chi connectivity index (χ1) is 13.9. The molecule has 1 spiro atoms. The normalized spacial score (nSPS) is 87.8. The van der Waals surface area contributed by atoms with E-state index in [0.29, 0.717) is 0 Å². The Balaban J connectivity index is 1.46. The van der Waals surface area contributed by atoms with Crippen molar-refractivity contribution in [2.24, 2.45) is 0 Å². The molecule has 0 nitrogen and oxygen atoms in total. The van der Waals surface area contributed by atoms with Gasteiger partial charge < -0.3 is 0 Å². The van der Waals surface area contributed by atoms with Crippen LogP contribution in [0.1, 0.15) is 119 Å². The average molecular weight is 439 g/mol.